The zero-order valence-electron chi connectivity index (χ0n) is 12.5. The van der Waals surface area contributed by atoms with Gasteiger partial charge in [-0.2, -0.15) is 0 Å². The second kappa shape index (κ2) is 9.56. The number of methoxy groups -OCH3 is 1. The van der Waals surface area contributed by atoms with E-state index < -0.39 is 6.10 Å². The molecule has 112 valence electrons. The van der Waals surface area contributed by atoms with Crippen LogP contribution in [0.5, 0.6) is 5.75 Å². The van der Waals surface area contributed by atoms with Crippen LogP contribution in [-0.2, 0) is 11.3 Å². The van der Waals surface area contributed by atoms with E-state index in [0.717, 1.165) is 30.6 Å². The van der Waals surface area contributed by atoms with Crippen molar-refractivity contribution in [1.29, 1.82) is 0 Å². The number of unbranched alkanes of at least 4 members (excludes halogenated alkanes) is 1. The number of rotatable bonds is 10. The topological polar surface area (TPSA) is 38.7 Å². The molecule has 0 fully saturated rings. The molecule has 0 radical (unpaired) electrons. The van der Waals surface area contributed by atoms with Gasteiger partial charge in [-0.05, 0) is 30.5 Å². The average molecular weight is 278 g/mol. The molecule has 20 heavy (non-hydrogen) atoms. The van der Waals surface area contributed by atoms with Gasteiger partial charge in [-0.1, -0.05) is 38.0 Å². The molecule has 2 atom stereocenters. The van der Waals surface area contributed by atoms with Crippen LogP contribution in [0, 0.1) is 0 Å². The third-order valence-electron chi connectivity index (χ3n) is 3.30. The van der Waals surface area contributed by atoms with Gasteiger partial charge in [-0.15, -0.1) is 6.58 Å². The van der Waals surface area contributed by atoms with Gasteiger partial charge in [0, 0.05) is 0 Å². The Bertz CT molecular complexity index is 372. The number of hydrogen-bond donors (Lipinski definition) is 1. The van der Waals surface area contributed by atoms with Crippen molar-refractivity contribution < 1.29 is 14.6 Å². The Labute approximate surface area is 122 Å². The van der Waals surface area contributed by atoms with Gasteiger partial charge < -0.3 is 14.6 Å². The van der Waals surface area contributed by atoms with E-state index in [4.69, 9.17) is 9.47 Å². The fourth-order valence-corrected chi connectivity index (χ4v) is 2.04. The molecule has 3 nitrogen and oxygen atoms in total. The molecule has 1 rings (SSSR count). The van der Waals surface area contributed by atoms with E-state index in [0.29, 0.717) is 13.0 Å². The van der Waals surface area contributed by atoms with Crippen LogP contribution in [0.25, 0.3) is 0 Å². The Kier molecular flexibility index (Phi) is 8.00. The van der Waals surface area contributed by atoms with Gasteiger partial charge in [0.2, 0.25) is 0 Å². The molecule has 0 saturated carbocycles. The summed E-state index contributed by atoms with van der Waals surface area (Å²) in [6.45, 7) is 6.32. The lowest BCUT2D eigenvalue weighted by atomic mass is 10.0. The number of ether oxygens (including phenoxy) is 2. The fourth-order valence-electron chi connectivity index (χ4n) is 2.04. The Morgan fingerprint density at radius 2 is 2.00 bits per heavy atom. The van der Waals surface area contributed by atoms with Crippen molar-refractivity contribution in [3.63, 3.8) is 0 Å². The molecule has 0 aromatic heterocycles. The molecular weight excluding hydrogens is 252 g/mol. The first-order valence-corrected chi connectivity index (χ1v) is 7.24. The van der Waals surface area contributed by atoms with E-state index in [1.807, 2.05) is 24.3 Å². The number of benzene rings is 1. The highest BCUT2D eigenvalue weighted by Gasteiger charge is 2.18. The first kappa shape index (κ1) is 16.7. The standard InChI is InChI=1S/C17H26O3/c1-4-6-8-17(16(18)7-5-2)20-13-14-9-11-15(19-3)12-10-14/h5,9-12,16-18H,2,4,6-8,13H2,1,3H3/t16-,17-/m1/s1. The monoisotopic (exact) mass is 278 g/mol. The molecule has 3 heteroatoms. The summed E-state index contributed by atoms with van der Waals surface area (Å²) in [6, 6.07) is 7.80. The van der Waals surface area contributed by atoms with E-state index in [9.17, 15) is 5.11 Å². The second-order valence-corrected chi connectivity index (χ2v) is 4.93. The van der Waals surface area contributed by atoms with Crippen LogP contribution >= 0.6 is 0 Å². The van der Waals surface area contributed by atoms with Crippen LogP contribution < -0.4 is 4.74 Å². The molecule has 0 saturated heterocycles. The summed E-state index contributed by atoms with van der Waals surface area (Å²) < 4.78 is 11.0. The minimum absolute atomic E-state index is 0.130. The maximum absolute atomic E-state index is 10.1. The van der Waals surface area contributed by atoms with E-state index >= 15 is 0 Å². The molecule has 0 heterocycles. The number of aliphatic hydroxyl groups excluding tert-OH is 1. The smallest absolute Gasteiger partial charge is 0.118 e. The van der Waals surface area contributed by atoms with Crippen molar-refractivity contribution in [3.8, 4) is 5.75 Å². The minimum atomic E-state index is -0.475. The summed E-state index contributed by atoms with van der Waals surface area (Å²) in [5.74, 6) is 0.836. The lowest BCUT2D eigenvalue weighted by Crippen LogP contribution is -2.28. The second-order valence-electron chi connectivity index (χ2n) is 4.93. The van der Waals surface area contributed by atoms with Crippen molar-refractivity contribution in [2.75, 3.05) is 7.11 Å². The molecule has 0 unspecified atom stereocenters. The zero-order chi connectivity index (χ0) is 14.8. The summed E-state index contributed by atoms with van der Waals surface area (Å²) >= 11 is 0. The SMILES string of the molecule is C=CC[C@@H](O)[C@@H](CCCC)OCc1ccc(OC)cc1. The van der Waals surface area contributed by atoms with Crippen LogP contribution in [-0.4, -0.2) is 24.4 Å². The summed E-state index contributed by atoms with van der Waals surface area (Å²) in [6.07, 6.45) is 4.73. The first-order valence-electron chi connectivity index (χ1n) is 7.24. The Hall–Kier alpha value is -1.32. The largest absolute Gasteiger partial charge is 0.497 e. The molecule has 0 aliphatic heterocycles. The summed E-state index contributed by atoms with van der Waals surface area (Å²) in [5, 5.41) is 10.1. The highest BCUT2D eigenvalue weighted by atomic mass is 16.5. The van der Waals surface area contributed by atoms with Gasteiger partial charge in [0.15, 0.2) is 0 Å². The molecule has 0 aliphatic carbocycles. The third-order valence-corrected chi connectivity index (χ3v) is 3.30. The Morgan fingerprint density at radius 3 is 2.55 bits per heavy atom. The maximum atomic E-state index is 10.1. The maximum Gasteiger partial charge on any atom is 0.118 e. The van der Waals surface area contributed by atoms with Gasteiger partial charge in [0.25, 0.3) is 0 Å². The normalized spacial score (nSPS) is 13.8. The zero-order valence-corrected chi connectivity index (χ0v) is 12.5. The highest BCUT2D eigenvalue weighted by Crippen LogP contribution is 2.17. The van der Waals surface area contributed by atoms with Crippen LogP contribution in [0.2, 0.25) is 0 Å². The molecule has 0 bridgehead atoms. The van der Waals surface area contributed by atoms with Crippen LogP contribution in [0.4, 0.5) is 0 Å². The third kappa shape index (κ3) is 5.76. The van der Waals surface area contributed by atoms with Crippen molar-refractivity contribution in [2.24, 2.45) is 0 Å². The molecule has 1 N–H and O–H groups in total. The highest BCUT2D eigenvalue weighted by molar-refractivity contribution is 5.26. The predicted molar refractivity (Wildman–Crippen MR) is 81.9 cm³/mol. The van der Waals surface area contributed by atoms with Crippen molar-refractivity contribution in [2.45, 2.75) is 51.4 Å². The average Bonchev–Trinajstić information content (AvgIpc) is 2.48. The van der Waals surface area contributed by atoms with Gasteiger partial charge >= 0.3 is 0 Å². The Morgan fingerprint density at radius 1 is 1.30 bits per heavy atom. The molecule has 1 aromatic rings. The summed E-state index contributed by atoms with van der Waals surface area (Å²) in [5.41, 5.74) is 1.08. The van der Waals surface area contributed by atoms with Crippen LogP contribution in [0.1, 0.15) is 38.2 Å². The molecule has 0 aliphatic rings. The van der Waals surface area contributed by atoms with Crippen molar-refractivity contribution in [3.05, 3.63) is 42.5 Å². The summed E-state index contributed by atoms with van der Waals surface area (Å²) in [7, 11) is 1.65. The molecule has 0 amide bonds. The minimum Gasteiger partial charge on any atom is -0.497 e. The van der Waals surface area contributed by atoms with E-state index in [1.54, 1.807) is 13.2 Å². The molecule has 1 aromatic carbocycles. The van der Waals surface area contributed by atoms with E-state index in [1.165, 1.54) is 0 Å². The van der Waals surface area contributed by atoms with E-state index in [2.05, 4.69) is 13.5 Å². The molecular formula is C17H26O3. The predicted octanol–water partition coefficient (Wildman–Crippen LogP) is 3.71. The van der Waals surface area contributed by atoms with Crippen LogP contribution in [0.3, 0.4) is 0 Å². The summed E-state index contributed by atoms with van der Waals surface area (Å²) in [4.78, 5) is 0. The van der Waals surface area contributed by atoms with Crippen molar-refractivity contribution in [1.82, 2.24) is 0 Å². The van der Waals surface area contributed by atoms with Crippen molar-refractivity contribution >= 4 is 0 Å². The van der Waals surface area contributed by atoms with Gasteiger partial charge in [-0.25, -0.2) is 0 Å². The van der Waals surface area contributed by atoms with Gasteiger partial charge in [-0.3, -0.25) is 0 Å². The van der Waals surface area contributed by atoms with Gasteiger partial charge in [0.1, 0.15) is 5.75 Å². The molecule has 0 spiro atoms. The fraction of sp³-hybridized carbons (Fsp3) is 0.529. The lowest BCUT2D eigenvalue weighted by molar-refractivity contribution is -0.0491. The lowest BCUT2D eigenvalue weighted by Gasteiger charge is -2.22. The van der Waals surface area contributed by atoms with Crippen LogP contribution in [0.15, 0.2) is 36.9 Å². The quantitative estimate of drug-likeness (QED) is 0.663. The van der Waals surface area contributed by atoms with E-state index in [-0.39, 0.29) is 6.10 Å². The Balaban J connectivity index is 2.52. The first-order chi connectivity index (χ1) is 9.71. The number of aliphatic hydroxyl groups is 1. The number of hydrogen-bond acceptors (Lipinski definition) is 3. The van der Waals surface area contributed by atoms with Gasteiger partial charge in [0.05, 0.1) is 25.9 Å².